The number of ether oxygens (including phenoxy) is 1. The summed E-state index contributed by atoms with van der Waals surface area (Å²) >= 11 is 0. The second kappa shape index (κ2) is 10.9. The number of nitrogens with one attached hydrogen (secondary N) is 1. The van der Waals surface area contributed by atoms with Crippen molar-refractivity contribution in [2.45, 2.75) is 51.4 Å². The number of carboxylic acid groups (broad SMARTS) is 1. The normalized spacial score (nSPS) is 18.7. The molecule has 2 aromatic carbocycles. The molecule has 1 unspecified atom stereocenters. The minimum Gasteiger partial charge on any atom is -0.481 e. The Balaban J connectivity index is 1.10. The maximum absolute atomic E-state index is 12.3. The molecule has 2 aromatic rings. The van der Waals surface area contributed by atoms with Gasteiger partial charge in [0.05, 0.1) is 5.41 Å². The first kappa shape index (κ1) is 24.8. The number of carbonyl (C=O) groups is 3. The van der Waals surface area contributed by atoms with Gasteiger partial charge in [-0.3, -0.25) is 9.59 Å². The highest BCUT2D eigenvalue weighted by Crippen LogP contribution is 2.44. The van der Waals surface area contributed by atoms with Gasteiger partial charge in [-0.2, -0.15) is 0 Å². The second-order valence-corrected chi connectivity index (χ2v) is 9.85. The fraction of sp³-hybridized carbons (Fsp3) is 0.464. The number of rotatable bonds is 10. The van der Waals surface area contributed by atoms with Crippen LogP contribution in [-0.4, -0.2) is 54.2 Å². The Kier molecular flexibility index (Phi) is 7.73. The van der Waals surface area contributed by atoms with Crippen LogP contribution in [0.1, 0.15) is 62.5 Å². The zero-order valence-electron chi connectivity index (χ0n) is 20.3. The van der Waals surface area contributed by atoms with Crippen LogP contribution in [0.15, 0.2) is 48.5 Å². The van der Waals surface area contributed by atoms with Crippen LogP contribution in [0.5, 0.6) is 0 Å². The van der Waals surface area contributed by atoms with Crippen molar-refractivity contribution in [2.24, 2.45) is 5.41 Å². The molecule has 35 heavy (non-hydrogen) atoms. The smallest absolute Gasteiger partial charge is 0.407 e. The molecule has 2 amide bonds. The van der Waals surface area contributed by atoms with Crippen LogP contribution in [0.4, 0.5) is 4.79 Å². The molecule has 0 bridgehead atoms. The summed E-state index contributed by atoms with van der Waals surface area (Å²) in [5.74, 6) is -0.752. The van der Waals surface area contributed by atoms with Crippen LogP contribution < -0.4 is 5.32 Å². The molecular weight excluding hydrogens is 444 g/mol. The Labute approximate surface area is 206 Å². The van der Waals surface area contributed by atoms with E-state index in [1.54, 1.807) is 11.8 Å². The average molecular weight is 479 g/mol. The van der Waals surface area contributed by atoms with E-state index in [1.165, 1.54) is 22.3 Å². The molecule has 1 aliphatic heterocycles. The summed E-state index contributed by atoms with van der Waals surface area (Å²) in [6.45, 7) is 3.36. The monoisotopic (exact) mass is 478 g/mol. The van der Waals surface area contributed by atoms with Gasteiger partial charge in [-0.25, -0.2) is 4.79 Å². The summed E-state index contributed by atoms with van der Waals surface area (Å²) in [7, 11) is 0. The molecule has 186 valence electrons. The summed E-state index contributed by atoms with van der Waals surface area (Å²) in [4.78, 5) is 37.6. The SMILES string of the molecule is CC1(C(=O)O)CCN(C(=O)CCCCCCNC(=O)OCC2c3ccccc3-c3ccccc32)C1. The lowest BCUT2D eigenvalue weighted by molar-refractivity contribution is -0.147. The van der Waals surface area contributed by atoms with Gasteiger partial charge in [0.2, 0.25) is 5.91 Å². The molecule has 0 spiro atoms. The number of carboxylic acids is 1. The van der Waals surface area contributed by atoms with Crippen molar-refractivity contribution >= 4 is 18.0 Å². The topological polar surface area (TPSA) is 95.9 Å². The van der Waals surface area contributed by atoms with Gasteiger partial charge in [0, 0.05) is 32.0 Å². The van der Waals surface area contributed by atoms with E-state index < -0.39 is 17.5 Å². The van der Waals surface area contributed by atoms with E-state index in [2.05, 4.69) is 29.6 Å². The van der Waals surface area contributed by atoms with Crippen molar-refractivity contribution in [1.29, 1.82) is 0 Å². The molecule has 2 N–H and O–H groups in total. The molecule has 2 aliphatic rings. The van der Waals surface area contributed by atoms with Gasteiger partial charge < -0.3 is 20.1 Å². The maximum atomic E-state index is 12.3. The van der Waals surface area contributed by atoms with E-state index in [0.29, 0.717) is 39.1 Å². The molecular formula is C28H34N2O5. The predicted molar refractivity (Wildman–Crippen MR) is 133 cm³/mol. The first-order valence-corrected chi connectivity index (χ1v) is 12.5. The molecule has 1 aliphatic carbocycles. The van der Waals surface area contributed by atoms with Crippen molar-refractivity contribution in [3.05, 3.63) is 59.7 Å². The molecule has 1 atom stereocenters. The molecule has 7 heteroatoms. The lowest BCUT2D eigenvalue weighted by atomic mass is 9.90. The summed E-state index contributed by atoms with van der Waals surface area (Å²) in [5.41, 5.74) is 3.98. The number of carbonyl (C=O) groups excluding carboxylic acids is 2. The highest BCUT2D eigenvalue weighted by Gasteiger charge is 2.41. The number of likely N-dealkylation sites (tertiary alicyclic amines) is 1. The number of hydrogen-bond acceptors (Lipinski definition) is 4. The standard InChI is InChI=1S/C28H34N2O5/c1-28(26(32)33)15-17-30(19-28)25(31)14-4-2-3-9-16-29-27(34)35-18-24-22-12-7-5-10-20(22)21-11-6-8-13-23(21)24/h5-8,10-13,24H,2-4,9,14-19H2,1H3,(H,29,34)(H,32,33). The van der Waals surface area contributed by atoms with Gasteiger partial charge in [0.15, 0.2) is 0 Å². The predicted octanol–water partition coefficient (Wildman–Crippen LogP) is 4.80. The molecule has 1 saturated heterocycles. The van der Waals surface area contributed by atoms with E-state index >= 15 is 0 Å². The summed E-state index contributed by atoms with van der Waals surface area (Å²) in [6, 6.07) is 16.5. The van der Waals surface area contributed by atoms with Gasteiger partial charge in [-0.1, -0.05) is 61.4 Å². The number of nitrogens with zero attached hydrogens (tertiary/aromatic N) is 1. The quantitative estimate of drug-likeness (QED) is 0.478. The van der Waals surface area contributed by atoms with Gasteiger partial charge >= 0.3 is 12.1 Å². The first-order valence-electron chi connectivity index (χ1n) is 12.5. The third kappa shape index (κ3) is 5.66. The summed E-state index contributed by atoms with van der Waals surface area (Å²) in [6.07, 6.45) is 3.93. The minimum atomic E-state index is -0.836. The van der Waals surface area contributed by atoms with Gasteiger partial charge in [-0.05, 0) is 48.4 Å². The number of fused-ring (bicyclic) bond motifs is 3. The molecule has 7 nitrogen and oxygen atoms in total. The molecule has 0 aromatic heterocycles. The Morgan fingerprint density at radius 2 is 1.63 bits per heavy atom. The molecule has 4 rings (SSSR count). The van der Waals surface area contributed by atoms with Crippen molar-refractivity contribution in [2.75, 3.05) is 26.2 Å². The summed E-state index contributed by atoms with van der Waals surface area (Å²) in [5, 5.41) is 12.1. The van der Waals surface area contributed by atoms with Crippen molar-refractivity contribution in [1.82, 2.24) is 10.2 Å². The van der Waals surface area contributed by atoms with Gasteiger partial charge in [-0.15, -0.1) is 0 Å². The Morgan fingerprint density at radius 3 is 2.26 bits per heavy atom. The lowest BCUT2D eigenvalue weighted by Gasteiger charge is -2.20. The fourth-order valence-corrected chi connectivity index (χ4v) is 5.10. The Hall–Kier alpha value is -3.35. The average Bonchev–Trinajstić information content (AvgIpc) is 3.41. The zero-order valence-corrected chi connectivity index (χ0v) is 20.3. The lowest BCUT2D eigenvalue weighted by Crippen LogP contribution is -2.34. The highest BCUT2D eigenvalue weighted by atomic mass is 16.5. The zero-order chi connectivity index (χ0) is 24.8. The largest absolute Gasteiger partial charge is 0.481 e. The molecule has 1 heterocycles. The number of aliphatic carboxylic acids is 1. The third-order valence-electron chi connectivity index (χ3n) is 7.27. The van der Waals surface area contributed by atoms with Crippen molar-refractivity contribution in [3.63, 3.8) is 0 Å². The van der Waals surface area contributed by atoms with Crippen molar-refractivity contribution < 1.29 is 24.2 Å². The highest BCUT2D eigenvalue weighted by molar-refractivity contribution is 5.80. The summed E-state index contributed by atoms with van der Waals surface area (Å²) < 4.78 is 5.55. The Morgan fingerprint density at radius 1 is 1.00 bits per heavy atom. The van der Waals surface area contributed by atoms with E-state index in [0.717, 1.165) is 25.7 Å². The van der Waals surface area contributed by atoms with Gasteiger partial charge in [0.1, 0.15) is 6.61 Å². The minimum absolute atomic E-state index is 0.0340. The van der Waals surface area contributed by atoms with E-state index in [4.69, 9.17) is 4.74 Å². The first-order chi connectivity index (χ1) is 16.9. The van der Waals surface area contributed by atoms with E-state index in [-0.39, 0.29) is 11.8 Å². The van der Waals surface area contributed by atoms with Crippen LogP contribution in [0.2, 0.25) is 0 Å². The number of amides is 2. The molecule has 0 saturated carbocycles. The maximum Gasteiger partial charge on any atom is 0.407 e. The third-order valence-corrected chi connectivity index (χ3v) is 7.27. The van der Waals surface area contributed by atoms with Crippen LogP contribution in [0.3, 0.4) is 0 Å². The molecule has 0 radical (unpaired) electrons. The van der Waals surface area contributed by atoms with Gasteiger partial charge in [0.25, 0.3) is 0 Å². The van der Waals surface area contributed by atoms with E-state index in [9.17, 15) is 19.5 Å². The fourth-order valence-electron chi connectivity index (χ4n) is 5.10. The number of hydrogen-bond donors (Lipinski definition) is 2. The van der Waals surface area contributed by atoms with Crippen LogP contribution in [-0.2, 0) is 14.3 Å². The van der Waals surface area contributed by atoms with Crippen LogP contribution >= 0.6 is 0 Å². The number of benzene rings is 2. The van der Waals surface area contributed by atoms with Crippen LogP contribution in [0.25, 0.3) is 11.1 Å². The van der Waals surface area contributed by atoms with Crippen LogP contribution in [0, 0.1) is 5.41 Å². The Bertz CT molecular complexity index is 1040. The number of alkyl carbamates (subject to hydrolysis) is 1. The number of unbranched alkanes of at least 4 members (excludes halogenated alkanes) is 3. The second-order valence-electron chi connectivity index (χ2n) is 9.85. The van der Waals surface area contributed by atoms with Crippen molar-refractivity contribution in [3.8, 4) is 11.1 Å². The molecule has 1 fully saturated rings. The van der Waals surface area contributed by atoms with E-state index in [1.807, 2.05) is 24.3 Å².